The van der Waals surface area contributed by atoms with Crippen molar-refractivity contribution in [1.29, 1.82) is 0 Å². The number of fused-ring (bicyclic) bond motifs is 4. The first-order valence-electron chi connectivity index (χ1n) is 10.6. The number of amides is 2. The van der Waals surface area contributed by atoms with Crippen LogP contribution in [0.15, 0.2) is 36.4 Å². The summed E-state index contributed by atoms with van der Waals surface area (Å²) in [6, 6.07) is 10.9. The molecule has 3 aliphatic rings. The molecule has 4 rings (SSSR count). The number of nitrogens with zero attached hydrogens (tertiary/aromatic N) is 2. The highest BCUT2D eigenvalue weighted by Crippen LogP contribution is 2.41. The number of carbonyl (C=O) groups is 2. The van der Waals surface area contributed by atoms with Crippen molar-refractivity contribution in [3.05, 3.63) is 42.0 Å². The smallest absolute Gasteiger partial charge is 0.223 e. The van der Waals surface area contributed by atoms with Gasteiger partial charge >= 0.3 is 0 Å². The molecule has 0 aromatic heterocycles. The van der Waals surface area contributed by atoms with Crippen LogP contribution in [0.5, 0.6) is 0 Å². The van der Waals surface area contributed by atoms with Gasteiger partial charge in [-0.2, -0.15) is 0 Å². The van der Waals surface area contributed by atoms with E-state index in [1.165, 1.54) is 12.0 Å². The number of benzene rings is 1. The van der Waals surface area contributed by atoms with Gasteiger partial charge in [-0.1, -0.05) is 42.5 Å². The maximum atomic E-state index is 12.7. The van der Waals surface area contributed by atoms with Crippen molar-refractivity contribution in [2.45, 2.75) is 44.7 Å². The molecule has 5 nitrogen and oxygen atoms in total. The van der Waals surface area contributed by atoms with Crippen molar-refractivity contribution in [2.24, 2.45) is 11.8 Å². The van der Waals surface area contributed by atoms with Gasteiger partial charge < -0.3 is 10.2 Å². The number of nitrogens with one attached hydrogen (secondary N) is 1. The maximum Gasteiger partial charge on any atom is 0.223 e. The number of carbonyl (C=O) groups excluding carboxylic acids is 2. The summed E-state index contributed by atoms with van der Waals surface area (Å²) in [4.78, 5) is 28.9. The summed E-state index contributed by atoms with van der Waals surface area (Å²) in [5, 5.41) is 2.99. The lowest BCUT2D eigenvalue weighted by Gasteiger charge is -2.56. The largest absolute Gasteiger partial charge is 0.354 e. The number of likely N-dealkylation sites (tertiary alicyclic amines) is 1. The van der Waals surface area contributed by atoms with Crippen molar-refractivity contribution < 1.29 is 9.59 Å². The Morgan fingerprint density at radius 2 is 2.00 bits per heavy atom. The van der Waals surface area contributed by atoms with Gasteiger partial charge in [0.05, 0.1) is 6.04 Å². The number of rotatable bonds is 5. The summed E-state index contributed by atoms with van der Waals surface area (Å²) >= 11 is 0. The van der Waals surface area contributed by atoms with Gasteiger partial charge in [0, 0.05) is 45.6 Å². The molecule has 0 spiro atoms. The Morgan fingerprint density at radius 1 is 1.21 bits per heavy atom. The Bertz CT molecular complexity index is 733. The second-order valence-corrected chi connectivity index (χ2v) is 8.55. The van der Waals surface area contributed by atoms with Crippen LogP contribution in [0.25, 0.3) is 6.08 Å². The lowest BCUT2D eigenvalue weighted by Crippen LogP contribution is -2.67. The molecule has 0 saturated carbocycles. The van der Waals surface area contributed by atoms with Gasteiger partial charge in [-0.25, -0.2) is 0 Å². The molecule has 1 N–H and O–H groups in total. The van der Waals surface area contributed by atoms with Gasteiger partial charge in [0.2, 0.25) is 11.8 Å². The van der Waals surface area contributed by atoms with Gasteiger partial charge in [-0.15, -0.1) is 0 Å². The van der Waals surface area contributed by atoms with Crippen molar-refractivity contribution in [2.75, 3.05) is 26.2 Å². The van der Waals surface area contributed by atoms with E-state index in [-0.39, 0.29) is 11.9 Å². The zero-order valence-electron chi connectivity index (χ0n) is 16.7. The average molecular weight is 382 g/mol. The zero-order chi connectivity index (χ0) is 19.5. The predicted octanol–water partition coefficient (Wildman–Crippen LogP) is 2.54. The van der Waals surface area contributed by atoms with Crippen LogP contribution in [0.2, 0.25) is 0 Å². The van der Waals surface area contributed by atoms with E-state index in [2.05, 4.69) is 51.5 Å². The van der Waals surface area contributed by atoms with Crippen LogP contribution in [0.3, 0.4) is 0 Å². The van der Waals surface area contributed by atoms with Gasteiger partial charge in [0.25, 0.3) is 0 Å². The monoisotopic (exact) mass is 381 g/mol. The van der Waals surface area contributed by atoms with E-state index >= 15 is 0 Å². The van der Waals surface area contributed by atoms with Crippen molar-refractivity contribution in [3.8, 4) is 0 Å². The molecule has 4 atom stereocenters. The van der Waals surface area contributed by atoms with E-state index in [0.29, 0.717) is 36.8 Å². The Kier molecular flexibility index (Phi) is 5.81. The summed E-state index contributed by atoms with van der Waals surface area (Å²) in [6.45, 7) is 5.15. The number of piperidine rings is 3. The summed E-state index contributed by atoms with van der Waals surface area (Å²) in [5.41, 5.74) is 1.23. The molecule has 1 aromatic carbocycles. The summed E-state index contributed by atoms with van der Waals surface area (Å²) < 4.78 is 0. The predicted molar refractivity (Wildman–Crippen MR) is 110 cm³/mol. The summed E-state index contributed by atoms with van der Waals surface area (Å²) in [5.74, 6) is 1.27. The molecular weight excluding hydrogens is 350 g/mol. The molecule has 0 aliphatic carbocycles. The molecule has 0 unspecified atom stereocenters. The zero-order valence-corrected chi connectivity index (χ0v) is 16.7. The number of hydrogen-bond acceptors (Lipinski definition) is 3. The van der Waals surface area contributed by atoms with Crippen molar-refractivity contribution >= 4 is 17.9 Å². The highest BCUT2D eigenvalue weighted by molar-refractivity contribution is 5.78. The Hall–Kier alpha value is -2.14. The fourth-order valence-electron chi connectivity index (χ4n) is 5.43. The van der Waals surface area contributed by atoms with E-state index in [1.54, 1.807) is 6.92 Å². The molecule has 5 heteroatoms. The van der Waals surface area contributed by atoms with E-state index in [4.69, 9.17) is 0 Å². The van der Waals surface area contributed by atoms with Crippen LogP contribution in [0, 0.1) is 11.8 Å². The van der Waals surface area contributed by atoms with E-state index in [9.17, 15) is 9.59 Å². The molecule has 3 aliphatic heterocycles. The maximum absolute atomic E-state index is 12.7. The van der Waals surface area contributed by atoms with E-state index < -0.39 is 0 Å². The molecule has 3 saturated heterocycles. The molecule has 150 valence electrons. The van der Waals surface area contributed by atoms with Crippen LogP contribution in [0.4, 0.5) is 0 Å². The van der Waals surface area contributed by atoms with Gasteiger partial charge in [-0.3, -0.25) is 14.5 Å². The van der Waals surface area contributed by atoms with Gasteiger partial charge in [-0.05, 0) is 36.7 Å². The highest BCUT2D eigenvalue weighted by atomic mass is 16.2. The first-order valence-corrected chi connectivity index (χ1v) is 10.6. The summed E-state index contributed by atoms with van der Waals surface area (Å²) in [6.07, 6.45) is 8.39. The summed E-state index contributed by atoms with van der Waals surface area (Å²) in [7, 11) is 0. The van der Waals surface area contributed by atoms with Crippen LogP contribution in [-0.2, 0) is 9.59 Å². The second kappa shape index (κ2) is 8.48. The standard InChI is InChI=1S/C23H31N3O2/c1-17(27)24-14-22-20-13-19(21-10-5-11-23(28)26(21)22)15-25(16-20)12-6-9-18-7-3-2-4-8-18/h2-4,6-9,19-22H,5,10-16H2,1H3,(H,24,27)/b9-6+/t19-,20+,21+,22+/m1/s1. The Labute approximate surface area is 167 Å². The molecule has 1 aromatic rings. The molecule has 3 fully saturated rings. The van der Waals surface area contributed by atoms with Crippen LogP contribution in [0.1, 0.15) is 38.2 Å². The fourth-order valence-corrected chi connectivity index (χ4v) is 5.43. The average Bonchev–Trinajstić information content (AvgIpc) is 2.69. The van der Waals surface area contributed by atoms with E-state index in [1.807, 2.05) is 6.07 Å². The van der Waals surface area contributed by atoms with Gasteiger partial charge in [0.15, 0.2) is 0 Å². The third kappa shape index (κ3) is 4.14. The van der Waals surface area contributed by atoms with Crippen molar-refractivity contribution in [1.82, 2.24) is 15.1 Å². The first-order chi connectivity index (χ1) is 13.6. The molecule has 3 heterocycles. The lowest BCUT2D eigenvalue weighted by atomic mass is 9.72. The highest BCUT2D eigenvalue weighted by Gasteiger charge is 2.49. The normalized spacial score (nSPS) is 30.3. The quantitative estimate of drug-likeness (QED) is 0.853. The lowest BCUT2D eigenvalue weighted by molar-refractivity contribution is -0.152. The van der Waals surface area contributed by atoms with Crippen LogP contribution >= 0.6 is 0 Å². The Morgan fingerprint density at radius 3 is 2.79 bits per heavy atom. The second-order valence-electron chi connectivity index (χ2n) is 8.55. The van der Waals surface area contributed by atoms with Crippen LogP contribution < -0.4 is 5.32 Å². The van der Waals surface area contributed by atoms with E-state index in [0.717, 1.165) is 32.5 Å². The SMILES string of the molecule is CC(=O)NC[C@H]1[C@H]2C[C@H](CN(C/C=C/c3ccccc3)C2)[C@@H]2CCCC(=O)N21. The fraction of sp³-hybridized carbons (Fsp3) is 0.565. The number of hydrogen-bond donors (Lipinski definition) is 1. The first kappa shape index (κ1) is 19.2. The molecule has 2 amide bonds. The minimum atomic E-state index is -0.0124. The minimum absolute atomic E-state index is 0.0124. The Balaban J connectivity index is 1.46. The third-order valence-corrected chi connectivity index (χ3v) is 6.61. The molecule has 0 radical (unpaired) electrons. The van der Waals surface area contributed by atoms with Crippen LogP contribution in [-0.4, -0.2) is 59.9 Å². The molecule has 28 heavy (non-hydrogen) atoms. The third-order valence-electron chi connectivity index (χ3n) is 6.61. The topological polar surface area (TPSA) is 52.7 Å². The van der Waals surface area contributed by atoms with Gasteiger partial charge in [0.1, 0.15) is 0 Å². The molecule has 2 bridgehead atoms. The molecular formula is C23H31N3O2. The minimum Gasteiger partial charge on any atom is -0.354 e. The van der Waals surface area contributed by atoms with Crippen molar-refractivity contribution in [3.63, 3.8) is 0 Å².